The SMILES string of the molecule is Cc1ccc(NC(=O)CSc2cc(N)ccc2Cl)cc1C. The van der Waals surface area contributed by atoms with E-state index in [9.17, 15) is 4.79 Å². The van der Waals surface area contributed by atoms with Crippen LogP contribution in [0.1, 0.15) is 11.1 Å². The molecule has 3 N–H and O–H groups in total. The van der Waals surface area contributed by atoms with Gasteiger partial charge in [0.2, 0.25) is 5.91 Å². The van der Waals surface area contributed by atoms with E-state index in [1.165, 1.54) is 17.3 Å². The van der Waals surface area contributed by atoms with E-state index in [0.717, 1.165) is 16.1 Å². The molecule has 0 aliphatic carbocycles. The van der Waals surface area contributed by atoms with Gasteiger partial charge in [0, 0.05) is 16.3 Å². The van der Waals surface area contributed by atoms with Gasteiger partial charge >= 0.3 is 0 Å². The zero-order chi connectivity index (χ0) is 15.4. The Morgan fingerprint density at radius 2 is 1.95 bits per heavy atom. The fraction of sp³-hybridized carbons (Fsp3) is 0.188. The standard InChI is InChI=1S/C16H17ClN2OS/c1-10-3-5-13(7-11(10)2)19-16(20)9-21-15-8-12(18)4-6-14(15)17/h3-8H,9,18H2,1-2H3,(H,19,20). The molecular weight excluding hydrogens is 304 g/mol. The van der Waals surface area contributed by atoms with Crippen LogP contribution in [0, 0.1) is 13.8 Å². The van der Waals surface area contributed by atoms with Crippen molar-refractivity contribution in [2.75, 3.05) is 16.8 Å². The Labute approximate surface area is 133 Å². The summed E-state index contributed by atoms with van der Waals surface area (Å²) in [6, 6.07) is 11.1. The molecule has 0 saturated heterocycles. The number of nitrogens with two attached hydrogens (primary N) is 1. The van der Waals surface area contributed by atoms with E-state index in [1.807, 2.05) is 32.0 Å². The van der Waals surface area contributed by atoms with Gasteiger partial charge in [-0.25, -0.2) is 0 Å². The number of thioether (sulfide) groups is 1. The second kappa shape index (κ2) is 6.87. The summed E-state index contributed by atoms with van der Waals surface area (Å²) in [7, 11) is 0. The van der Waals surface area contributed by atoms with E-state index in [4.69, 9.17) is 17.3 Å². The third-order valence-corrected chi connectivity index (χ3v) is 4.60. The summed E-state index contributed by atoms with van der Waals surface area (Å²) in [5, 5.41) is 3.48. The molecule has 3 nitrogen and oxygen atoms in total. The van der Waals surface area contributed by atoms with Crippen molar-refractivity contribution in [2.45, 2.75) is 18.7 Å². The Bertz CT molecular complexity index is 673. The summed E-state index contributed by atoms with van der Waals surface area (Å²) in [6.07, 6.45) is 0. The normalized spacial score (nSPS) is 10.4. The van der Waals surface area contributed by atoms with Crippen LogP contribution in [0.3, 0.4) is 0 Å². The van der Waals surface area contributed by atoms with Crippen LogP contribution in [0.4, 0.5) is 11.4 Å². The second-order valence-corrected chi connectivity index (χ2v) is 6.25. The number of carbonyl (C=O) groups is 1. The van der Waals surface area contributed by atoms with Crippen molar-refractivity contribution >= 4 is 40.6 Å². The quantitative estimate of drug-likeness (QED) is 0.653. The Hall–Kier alpha value is -1.65. The number of benzene rings is 2. The van der Waals surface area contributed by atoms with Crippen molar-refractivity contribution in [2.24, 2.45) is 0 Å². The zero-order valence-electron chi connectivity index (χ0n) is 11.9. The zero-order valence-corrected chi connectivity index (χ0v) is 13.5. The molecule has 0 atom stereocenters. The van der Waals surface area contributed by atoms with E-state index in [1.54, 1.807) is 18.2 Å². The summed E-state index contributed by atoms with van der Waals surface area (Å²) in [4.78, 5) is 12.8. The fourth-order valence-corrected chi connectivity index (χ4v) is 2.86. The van der Waals surface area contributed by atoms with E-state index in [-0.39, 0.29) is 11.7 Å². The summed E-state index contributed by atoms with van der Waals surface area (Å²) >= 11 is 7.44. The van der Waals surface area contributed by atoms with Crippen molar-refractivity contribution in [3.63, 3.8) is 0 Å². The topological polar surface area (TPSA) is 55.1 Å². The molecule has 0 heterocycles. The molecule has 0 unspecified atom stereocenters. The number of aryl methyl sites for hydroxylation is 2. The number of amides is 1. The van der Waals surface area contributed by atoms with Gasteiger partial charge in [0.25, 0.3) is 0 Å². The fourth-order valence-electron chi connectivity index (χ4n) is 1.79. The first kappa shape index (κ1) is 15.7. The Balaban J connectivity index is 1.95. The maximum atomic E-state index is 12.0. The molecule has 0 spiro atoms. The Morgan fingerprint density at radius 1 is 1.19 bits per heavy atom. The van der Waals surface area contributed by atoms with E-state index < -0.39 is 0 Å². The minimum absolute atomic E-state index is 0.0678. The number of hydrogen-bond donors (Lipinski definition) is 2. The number of anilines is 2. The number of hydrogen-bond acceptors (Lipinski definition) is 3. The van der Waals surface area contributed by atoms with Crippen LogP contribution in [0.2, 0.25) is 5.02 Å². The molecule has 0 aliphatic rings. The van der Waals surface area contributed by atoms with E-state index in [0.29, 0.717) is 10.7 Å². The highest BCUT2D eigenvalue weighted by atomic mass is 35.5. The highest BCUT2D eigenvalue weighted by Crippen LogP contribution is 2.29. The highest BCUT2D eigenvalue weighted by Gasteiger charge is 2.07. The van der Waals surface area contributed by atoms with Crippen LogP contribution in [-0.2, 0) is 4.79 Å². The van der Waals surface area contributed by atoms with Gasteiger partial charge in [0.15, 0.2) is 0 Å². The van der Waals surface area contributed by atoms with E-state index >= 15 is 0 Å². The lowest BCUT2D eigenvalue weighted by Gasteiger charge is -2.08. The van der Waals surface area contributed by atoms with Gasteiger partial charge in [0.1, 0.15) is 0 Å². The van der Waals surface area contributed by atoms with Crippen molar-refractivity contribution in [1.82, 2.24) is 0 Å². The number of rotatable bonds is 4. The average Bonchev–Trinajstić information content (AvgIpc) is 2.44. The monoisotopic (exact) mass is 320 g/mol. The minimum Gasteiger partial charge on any atom is -0.399 e. The predicted molar refractivity (Wildman–Crippen MR) is 91.1 cm³/mol. The van der Waals surface area contributed by atoms with Crippen molar-refractivity contribution in [1.29, 1.82) is 0 Å². The maximum Gasteiger partial charge on any atom is 0.234 e. The first-order valence-electron chi connectivity index (χ1n) is 6.50. The highest BCUT2D eigenvalue weighted by molar-refractivity contribution is 8.00. The summed E-state index contributed by atoms with van der Waals surface area (Å²) in [6.45, 7) is 4.06. The summed E-state index contributed by atoms with van der Waals surface area (Å²) in [5.41, 5.74) is 9.51. The van der Waals surface area contributed by atoms with Gasteiger partial charge in [-0.05, 0) is 55.3 Å². The van der Waals surface area contributed by atoms with Crippen molar-refractivity contribution < 1.29 is 4.79 Å². The van der Waals surface area contributed by atoms with Gasteiger partial charge in [0.05, 0.1) is 10.8 Å². The lowest BCUT2D eigenvalue weighted by atomic mass is 10.1. The maximum absolute atomic E-state index is 12.0. The molecule has 21 heavy (non-hydrogen) atoms. The van der Waals surface area contributed by atoms with Crippen LogP contribution in [0.25, 0.3) is 0 Å². The number of halogens is 1. The first-order chi connectivity index (χ1) is 9.95. The molecule has 0 saturated carbocycles. The first-order valence-corrected chi connectivity index (χ1v) is 7.87. The lowest BCUT2D eigenvalue weighted by Crippen LogP contribution is -2.14. The number of carbonyl (C=O) groups excluding carboxylic acids is 1. The molecule has 2 aromatic rings. The lowest BCUT2D eigenvalue weighted by molar-refractivity contribution is -0.113. The molecule has 0 radical (unpaired) electrons. The summed E-state index contributed by atoms with van der Waals surface area (Å²) in [5.74, 6) is 0.220. The Morgan fingerprint density at radius 3 is 2.67 bits per heavy atom. The minimum atomic E-state index is -0.0678. The van der Waals surface area contributed by atoms with Crippen LogP contribution >= 0.6 is 23.4 Å². The average molecular weight is 321 g/mol. The van der Waals surface area contributed by atoms with E-state index in [2.05, 4.69) is 5.32 Å². The van der Waals surface area contributed by atoms with Crippen molar-refractivity contribution in [3.8, 4) is 0 Å². The van der Waals surface area contributed by atoms with Gasteiger partial charge in [-0.2, -0.15) is 0 Å². The molecule has 5 heteroatoms. The van der Waals surface area contributed by atoms with Crippen LogP contribution in [0.15, 0.2) is 41.3 Å². The summed E-state index contributed by atoms with van der Waals surface area (Å²) < 4.78 is 0. The van der Waals surface area contributed by atoms with Gasteiger partial charge in [-0.3, -0.25) is 4.79 Å². The number of nitrogen functional groups attached to an aromatic ring is 1. The molecule has 0 bridgehead atoms. The smallest absolute Gasteiger partial charge is 0.234 e. The van der Waals surface area contributed by atoms with Gasteiger partial charge in [-0.1, -0.05) is 17.7 Å². The Kier molecular flexibility index (Phi) is 5.15. The number of nitrogens with one attached hydrogen (secondary N) is 1. The van der Waals surface area contributed by atoms with Crippen LogP contribution < -0.4 is 11.1 Å². The molecule has 1 amide bonds. The molecule has 2 rings (SSSR count). The third-order valence-electron chi connectivity index (χ3n) is 3.10. The van der Waals surface area contributed by atoms with Gasteiger partial charge in [-0.15, -0.1) is 11.8 Å². The molecular formula is C16H17ClN2OS. The predicted octanol–water partition coefficient (Wildman–Crippen LogP) is 4.27. The van der Waals surface area contributed by atoms with Crippen LogP contribution in [0.5, 0.6) is 0 Å². The molecule has 0 fully saturated rings. The molecule has 0 aromatic heterocycles. The second-order valence-electron chi connectivity index (χ2n) is 4.83. The molecule has 110 valence electrons. The molecule has 2 aromatic carbocycles. The largest absolute Gasteiger partial charge is 0.399 e. The molecule has 0 aliphatic heterocycles. The van der Waals surface area contributed by atoms with Crippen molar-refractivity contribution in [3.05, 3.63) is 52.5 Å². The van der Waals surface area contributed by atoms with Gasteiger partial charge < -0.3 is 11.1 Å². The van der Waals surface area contributed by atoms with Crippen LogP contribution in [-0.4, -0.2) is 11.7 Å². The third kappa shape index (κ3) is 4.41.